The van der Waals surface area contributed by atoms with E-state index in [0.29, 0.717) is 12.0 Å². The Hall–Kier alpha value is -2.50. The SMILES string of the molecule is CC[C@@H](NC(=O)Cc1ccccc1F)c1ccccc1OC(F)F. The van der Waals surface area contributed by atoms with E-state index >= 15 is 0 Å². The maximum atomic E-state index is 13.6. The first-order chi connectivity index (χ1) is 11.5. The zero-order valence-electron chi connectivity index (χ0n) is 13.1. The molecule has 0 saturated heterocycles. The molecule has 1 atom stereocenters. The van der Waals surface area contributed by atoms with Gasteiger partial charge in [0, 0.05) is 5.56 Å². The second-order valence-electron chi connectivity index (χ2n) is 5.21. The first kappa shape index (κ1) is 17.8. The van der Waals surface area contributed by atoms with Crippen LogP contribution >= 0.6 is 0 Å². The molecule has 2 aromatic carbocycles. The predicted molar refractivity (Wildman–Crippen MR) is 84.4 cm³/mol. The van der Waals surface area contributed by atoms with Gasteiger partial charge in [-0.25, -0.2) is 4.39 Å². The van der Waals surface area contributed by atoms with Gasteiger partial charge in [-0.3, -0.25) is 4.79 Å². The summed E-state index contributed by atoms with van der Waals surface area (Å²) in [6.07, 6.45) is 0.355. The number of amides is 1. The number of ether oxygens (including phenoxy) is 1. The Balaban J connectivity index is 2.12. The highest BCUT2D eigenvalue weighted by molar-refractivity contribution is 5.79. The van der Waals surface area contributed by atoms with Crippen LogP contribution in [0.15, 0.2) is 48.5 Å². The quantitative estimate of drug-likeness (QED) is 0.821. The Morgan fingerprint density at radius 2 is 1.79 bits per heavy atom. The van der Waals surface area contributed by atoms with Gasteiger partial charge in [-0.05, 0) is 24.1 Å². The Labute approximate surface area is 138 Å². The van der Waals surface area contributed by atoms with Crippen LogP contribution in [-0.4, -0.2) is 12.5 Å². The van der Waals surface area contributed by atoms with Crippen molar-refractivity contribution < 1.29 is 22.7 Å². The lowest BCUT2D eigenvalue weighted by atomic mass is 10.0. The second-order valence-corrected chi connectivity index (χ2v) is 5.21. The summed E-state index contributed by atoms with van der Waals surface area (Å²) < 4.78 is 43.1. The molecule has 0 fully saturated rings. The molecule has 0 radical (unpaired) electrons. The van der Waals surface area contributed by atoms with E-state index in [1.54, 1.807) is 30.3 Å². The molecular weight excluding hydrogens is 319 g/mol. The minimum absolute atomic E-state index is 0.0190. The van der Waals surface area contributed by atoms with E-state index in [9.17, 15) is 18.0 Å². The number of hydrogen-bond acceptors (Lipinski definition) is 2. The molecule has 0 spiro atoms. The molecule has 0 aliphatic heterocycles. The van der Waals surface area contributed by atoms with E-state index in [4.69, 9.17) is 0 Å². The minimum atomic E-state index is -2.95. The number of hydrogen-bond donors (Lipinski definition) is 1. The number of carbonyl (C=O) groups excluding carboxylic acids is 1. The normalized spacial score (nSPS) is 12.0. The summed E-state index contributed by atoms with van der Waals surface area (Å²) >= 11 is 0. The van der Waals surface area contributed by atoms with Crippen LogP contribution in [0.4, 0.5) is 13.2 Å². The third kappa shape index (κ3) is 4.75. The zero-order chi connectivity index (χ0) is 17.5. The van der Waals surface area contributed by atoms with Gasteiger partial charge in [-0.15, -0.1) is 0 Å². The fourth-order valence-corrected chi connectivity index (χ4v) is 2.43. The first-order valence-electron chi connectivity index (χ1n) is 7.57. The van der Waals surface area contributed by atoms with Gasteiger partial charge < -0.3 is 10.1 Å². The van der Waals surface area contributed by atoms with Crippen molar-refractivity contribution in [3.05, 3.63) is 65.5 Å². The van der Waals surface area contributed by atoms with Crippen molar-refractivity contribution in [3.8, 4) is 5.75 Å². The summed E-state index contributed by atoms with van der Waals surface area (Å²) in [5.41, 5.74) is 0.740. The lowest BCUT2D eigenvalue weighted by Gasteiger charge is -2.20. The van der Waals surface area contributed by atoms with E-state index in [0.717, 1.165) is 0 Å². The predicted octanol–water partition coefficient (Wildman–Crippen LogP) is 4.24. The average Bonchev–Trinajstić information content (AvgIpc) is 2.55. The van der Waals surface area contributed by atoms with Gasteiger partial charge in [0.15, 0.2) is 0 Å². The molecule has 2 rings (SSSR count). The monoisotopic (exact) mass is 337 g/mol. The Morgan fingerprint density at radius 1 is 1.12 bits per heavy atom. The lowest BCUT2D eigenvalue weighted by molar-refractivity contribution is -0.121. The molecule has 0 saturated carbocycles. The molecule has 128 valence electrons. The number of carbonyl (C=O) groups is 1. The fraction of sp³-hybridized carbons (Fsp3) is 0.278. The summed E-state index contributed by atoms with van der Waals surface area (Å²) in [5, 5.41) is 2.74. The highest BCUT2D eigenvalue weighted by Crippen LogP contribution is 2.28. The van der Waals surface area contributed by atoms with Crippen LogP contribution in [0.2, 0.25) is 0 Å². The number of halogens is 3. The Kier molecular flexibility index (Phi) is 6.23. The van der Waals surface area contributed by atoms with Crippen LogP contribution in [-0.2, 0) is 11.2 Å². The van der Waals surface area contributed by atoms with Crippen molar-refractivity contribution >= 4 is 5.91 Å². The Morgan fingerprint density at radius 3 is 2.46 bits per heavy atom. The lowest BCUT2D eigenvalue weighted by Crippen LogP contribution is -2.30. The summed E-state index contributed by atoms with van der Waals surface area (Å²) in [4.78, 5) is 12.2. The summed E-state index contributed by atoms with van der Waals surface area (Å²) in [5.74, 6) is -0.827. The summed E-state index contributed by atoms with van der Waals surface area (Å²) in [7, 11) is 0. The molecule has 24 heavy (non-hydrogen) atoms. The molecule has 3 nitrogen and oxygen atoms in total. The van der Waals surface area contributed by atoms with Crippen molar-refractivity contribution in [2.24, 2.45) is 0 Å². The number of alkyl halides is 2. The molecule has 0 aliphatic carbocycles. The van der Waals surface area contributed by atoms with E-state index < -0.39 is 18.5 Å². The van der Waals surface area contributed by atoms with E-state index in [1.165, 1.54) is 18.2 Å². The van der Waals surface area contributed by atoms with Crippen molar-refractivity contribution in [2.45, 2.75) is 32.4 Å². The number of rotatable bonds is 7. The second kappa shape index (κ2) is 8.38. The average molecular weight is 337 g/mol. The van der Waals surface area contributed by atoms with Gasteiger partial charge >= 0.3 is 6.61 Å². The maximum absolute atomic E-state index is 13.6. The Bertz CT molecular complexity index is 691. The largest absolute Gasteiger partial charge is 0.434 e. The highest BCUT2D eigenvalue weighted by atomic mass is 19.3. The van der Waals surface area contributed by atoms with Crippen molar-refractivity contribution in [1.29, 1.82) is 0 Å². The van der Waals surface area contributed by atoms with E-state index in [1.807, 2.05) is 6.92 Å². The van der Waals surface area contributed by atoms with Crippen LogP contribution < -0.4 is 10.1 Å². The summed E-state index contributed by atoms with van der Waals surface area (Å²) in [6.45, 7) is -1.13. The minimum Gasteiger partial charge on any atom is -0.434 e. The zero-order valence-corrected chi connectivity index (χ0v) is 13.1. The first-order valence-corrected chi connectivity index (χ1v) is 7.57. The third-order valence-electron chi connectivity index (χ3n) is 3.56. The van der Waals surface area contributed by atoms with Gasteiger partial charge in [-0.2, -0.15) is 8.78 Å². The molecule has 0 unspecified atom stereocenters. The molecule has 2 aromatic rings. The molecule has 0 aliphatic rings. The summed E-state index contributed by atoms with van der Waals surface area (Å²) in [6, 6.07) is 11.8. The third-order valence-corrected chi connectivity index (χ3v) is 3.56. The molecule has 0 heterocycles. The van der Waals surface area contributed by atoms with Crippen LogP contribution in [0.5, 0.6) is 5.75 Å². The van der Waals surface area contributed by atoms with Gasteiger partial charge in [0.05, 0.1) is 12.5 Å². The van der Waals surface area contributed by atoms with Crippen LogP contribution in [0.3, 0.4) is 0 Å². The number of para-hydroxylation sites is 1. The topological polar surface area (TPSA) is 38.3 Å². The van der Waals surface area contributed by atoms with Gasteiger partial charge in [0.1, 0.15) is 11.6 Å². The van der Waals surface area contributed by atoms with Crippen LogP contribution in [0.1, 0.15) is 30.5 Å². The van der Waals surface area contributed by atoms with Crippen molar-refractivity contribution in [3.63, 3.8) is 0 Å². The smallest absolute Gasteiger partial charge is 0.387 e. The van der Waals surface area contributed by atoms with Crippen molar-refractivity contribution in [2.75, 3.05) is 0 Å². The van der Waals surface area contributed by atoms with E-state index in [2.05, 4.69) is 10.1 Å². The molecule has 6 heteroatoms. The molecule has 0 aromatic heterocycles. The maximum Gasteiger partial charge on any atom is 0.387 e. The van der Waals surface area contributed by atoms with Gasteiger partial charge in [0.2, 0.25) is 5.91 Å². The highest BCUT2D eigenvalue weighted by Gasteiger charge is 2.19. The van der Waals surface area contributed by atoms with Gasteiger partial charge in [-0.1, -0.05) is 43.3 Å². The number of nitrogens with one attached hydrogen (secondary N) is 1. The van der Waals surface area contributed by atoms with Crippen molar-refractivity contribution in [1.82, 2.24) is 5.32 Å². The van der Waals surface area contributed by atoms with Crippen LogP contribution in [0.25, 0.3) is 0 Å². The molecule has 1 amide bonds. The molecular formula is C18H18F3NO2. The molecule has 0 bridgehead atoms. The standard InChI is InChI=1S/C18H18F3NO2/c1-2-15(13-8-4-6-10-16(13)24-18(20)21)22-17(23)11-12-7-3-5-9-14(12)19/h3-10,15,18H,2,11H2,1H3,(H,22,23)/t15-/m1/s1. The fourth-order valence-electron chi connectivity index (χ4n) is 2.43. The van der Waals surface area contributed by atoms with Crippen LogP contribution in [0, 0.1) is 5.82 Å². The van der Waals surface area contributed by atoms with Gasteiger partial charge in [0.25, 0.3) is 0 Å². The van der Waals surface area contributed by atoms with E-state index in [-0.39, 0.29) is 23.6 Å². The number of benzene rings is 2. The molecule has 1 N–H and O–H groups in total.